The normalized spacial score (nSPS) is 18.3. The molecule has 0 unspecified atom stereocenters. The largest absolute Gasteiger partial charge is 0.378 e. The minimum atomic E-state index is 0.430. The van der Waals surface area contributed by atoms with E-state index in [2.05, 4.69) is 11.0 Å². The Morgan fingerprint density at radius 2 is 2.22 bits per heavy atom. The molecular formula is C13H21ClN2OS. The molecule has 0 radical (unpaired) electrons. The molecule has 2 N–H and O–H groups in total. The first-order valence-corrected chi connectivity index (χ1v) is 7.80. The van der Waals surface area contributed by atoms with Gasteiger partial charge in [0.2, 0.25) is 0 Å². The Morgan fingerprint density at radius 3 is 2.83 bits per heavy atom. The molecular weight excluding hydrogens is 268 g/mol. The van der Waals surface area contributed by atoms with Crippen LogP contribution in [0.25, 0.3) is 0 Å². The average Bonchev–Trinajstić information content (AvgIpc) is 2.77. The van der Waals surface area contributed by atoms with E-state index >= 15 is 0 Å². The summed E-state index contributed by atoms with van der Waals surface area (Å²) in [5, 5.41) is 2.86. The highest BCUT2D eigenvalue weighted by molar-refractivity contribution is 7.10. The van der Waals surface area contributed by atoms with Crippen LogP contribution in [0.4, 0.5) is 0 Å². The number of nitrogens with two attached hydrogens (primary N) is 1. The third kappa shape index (κ3) is 4.52. The van der Waals surface area contributed by atoms with Gasteiger partial charge in [0.25, 0.3) is 0 Å². The van der Waals surface area contributed by atoms with Crippen LogP contribution in [-0.2, 0) is 11.3 Å². The zero-order chi connectivity index (χ0) is 12.8. The van der Waals surface area contributed by atoms with E-state index in [1.54, 1.807) is 11.3 Å². The highest BCUT2D eigenvalue weighted by Crippen LogP contribution is 2.22. The van der Waals surface area contributed by atoms with Gasteiger partial charge in [-0.25, -0.2) is 0 Å². The Labute approximate surface area is 118 Å². The second kappa shape index (κ2) is 7.46. The zero-order valence-corrected chi connectivity index (χ0v) is 12.2. The topological polar surface area (TPSA) is 38.5 Å². The molecule has 0 amide bonds. The second-order valence-corrected chi connectivity index (χ2v) is 6.15. The van der Waals surface area contributed by atoms with Crippen LogP contribution in [0.2, 0.25) is 5.02 Å². The summed E-state index contributed by atoms with van der Waals surface area (Å²) in [5.74, 6) is 0. The first-order valence-electron chi connectivity index (χ1n) is 6.55. The van der Waals surface area contributed by atoms with E-state index in [4.69, 9.17) is 22.1 Å². The number of ether oxygens (including phenoxy) is 1. The molecule has 1 aromatic rings. The lowest BCUT2D eigenvalue weighted by Gasteiger charge is -2.31. The number of halogens is 1. The van der Waals surface area contributed by atoms with Gasteiger partial charge in [0, 0.05) is 36.5 Å². The molecule has 2 heterocycles. The van der Waals surface area contributed by atoms with Crippen LogP contribution in [0.5, 0.6) is 0 Å². The molecule has 18 heavy (non-hydrogen) atoms. The van der Waals surface area contributed by atoms with Crippen molar-refractivity contribution in [2.24, 2.45) is 5.73 Å². The molecule has 1 aliphatic heterocycles. The highest BCUT2D eigenvalue weighted by Gasteiger charge is 2.19. The Kier molecular flexibility index (Phi) is 5.92. The maximum absolute atomic E-state index is 5.93. The Morgan fingerprint density at radius 1 is 1.44 bits per heavy atom. The molecule has 0 aliphatic carbocycles. The van der Waals surface area contributed by atoms with Crippen LogP contribution in [-0.4, -0.2) is 37.2 Å². The molecule has 0 aromatic carbocycles. The fourth-order valence-electron chi connectivity index (χ4n) is 2.22. The number of hydrogen-bond acceptors (Lipinski definition) is 4. The van der Waals surface area contributed by atoms with Crippen molar-refractivity contribution < 1.29 is 4.74 Å². The summed E-state index contributed by atoms with van der Waals surface area (Å²) < 4.78 is 5.80. The minimum absolute atomic E-state index is 0.430. The molecule has 2 rings (SSSR count). The predicted octanol–water partition coefficient (Wildman–Crippen LogP) is 2.73. The number of thiophene rings is 1. The van der Waals surface area contributed by atoms with Gasteiger partial charge < -0.3 is 10.5 Å². The van der Waals surface area contributed by atoms with Crippen molar-refractivity contribution >= 4 is 22.9 Å². The van der Waals surface area contributed by atoms with Gasteiger partial charge in [-0.05, 0) is 31.9 Å². The molecule has 0 saturated carbocycles. The van der Waals surface area contributed by atoms with Gasteiger partial charge in [0.05, 0.1) is 11.1 Å². The third-order valence-electron chi connectivity index (χ3n) is 3.24. The van der Waals surface area contributed by atoms with Crippen molar-refractivity contribution in [3.8, 4) is 0 Å². The maximum Gasteiger partial charge on any atom is 0.0599 e. The average molecular weight is 289 g/mol. The molecule has 1 aliphatic rings. The van der Waals surface area contributed by atoms with Crippen LogP contribution in [0.1, 0.15) is 24.1 Å². The summed E-state index contributed by atoms with van der Waals surface area (Å²) >= 11 is 7.68. The smallest absolute Gasteiger partial charge is 0.0599 e. The van der Waals surface area contributed by atoms with Gasteiger partial charge in [0.1, 0.15) is 0 Å². The van der Waals surface area contributed by atoms with Crippen LogP contribution in [0.3, 0.4) is 0 Å². The standard InChI is InChI=1S/C13H21ClN2OS/c14-11-8-13(18-10-11)9-16-5-2-12(3-6-16)17-7-1-4-15/h8,10,12H,1-7,9,15H2. The quantitative estimate of drug-likeness (QED) is 0.818. The van der Waals surface area contributed by atoms with Crippen LogP contribution >= 0.6 is 22.9 Å². The van der Waals surface area contributed by atoms with E-state index in [0.717, 1.165) is 57.1 Å². The van der Waals surface area contributed by atoms with Gasteiger partial charge in [-0.2, -0.15) is 0 Å². The SMILES string of the molecule is NCCCOC1CCN(Cc2cc(Cl)cs2)CC1. The lowest BCUT2D eigenvalue weighted by Crippen LogP contribution is -2.36. The summed E-state index contributed by atoms with van der Waals surface area (Å²) in [5.41, 5.74) is 5.46. The summed E-state index contributed by atoms with van der Waals surface area (Å²) in [7, 11) is 0. The Bertz CT molecular complexity index is 351. The van der Waals surface area contributed by atoms with Crippen LogP contribution < -0.4 is 5.73 Å². The molecule has 1 saturated heterocycles. The fourth-order valence-corrected chi connectivity index (χ4v) is 3.34. The van der Waals surface area contributed by atoms with Crippen molar-refractivity contribution in [1.82, 2.24) is 4.90 Å². The van der Waals surface area contributed by atoms with Gasteiger partial charge >= 0.3 is 0 Å². The molecule has 102 valence electrons. The van der Waals surface area contributed by atoms with Crippen molar-refractivity contribution in [2.75, 3.05) is 26.2 Å². The fraction of sp³-hybridized carbons (Fsp3) is 0.692. The number of likely N-dealkylation sites (tertiary alicyclic amines) is 1. The van der Waals surface area contributed by atoms with Gasteiger partial charge in [0.15, 0.2) is 0 Å². The first kappa shape index (κ1) is 14.3. The second-order valence-electron chi connectivity index (χ2n) is 4.72. The molecule has 5 heteroatoms. The Hall–Kier alpha value is -0.130. The number of nitrogens with zero attached hydrogens (tertiary/aromatic N) is 1. The van der Waals surface area contributed by atoms with Gasteiger partial charge in [-0.1, -0.05) is 11.6 Å². The van der Waals surface area contributed by atoms with Crippen molar-refractivity contribution in [3.63, 3.8) is 0 Å². The van der Waals surface area contributed by atoms with Crippen LogP contribution in [0.15, 0.2) is 11.4 Å². The summed E-state index contributed by atoms with van der Waals surface area (Å²) in [6, 6.07) is 2.07. The summed E-state index contributed by atoms with van der Waals surface area (Å²) in [6.07, 6.45) is 3.65. The van der Waals surface area contributed by atoms with E-state index in [0.29, 0.717) is 6.10 Å². The zero-order valence-electron chi connectivity index (χ0n) is 10.6. The van der Waals surface area contributed by atoms with E-state index in [1.807, 2.05) is 5.38 Å². The number of rotatable bonds is 6. The van der Waals surface area contributed by atoms with Crippen molar-refractivity contribution in [2.45, 2.75) is 31.9 Å². The van der Waals surface area contributed by atoms with Crippen molar-refractivity contribution in [3.05, 3.63) is 21.3 Å². The summed E-state index contributed by atoms with van der Waals surface area (Å²) in [4.78, 5) is 3.83. The minimum Gasteiger partial charge on any atom is -0.378 e. The molecule has 1 fully saturated rings. The highest BCUT2D eigenvalue weighted by atomic mass is 35.5. The van der Waals surface area contributed by atoms with E-state index in [9.17, 15) is 0 Å². The maximum atomic E-state index is 5.93. The monoisotopic (exact) mass is 288 g/mol. The van der Waals surface area contributed by atoms with Gasteiger partial charge in [-0.15, -0.1) is 11.3 Å². The lowest BCUT2D eigenvalue weighted by molar-refractivity contribution is 0.00582. The number of hydrogen-bond donors (Lipinski definition) is 1. The Balaban J connectivity index is 1.67. The van der Waals surface area contributed by atoms with Crippen LogP contribution in [0, 0.1) is 0 Å². The molecule has 3 nitrogen and oxygen atoms in total. The lowest BCUT2D eigenvalue weighted by atomic mass is 10.1. The molecule has 0 bridgehead atoms. The first-order chi connectivity index (χ1) is 8.78. The number of piperidine rings is 1. The molecule has 0 atom stereocenters. The van der Waals surface area contributed by atoms with E-state index < -0.39 is 0 Å². The van der Waals surface area contributed by atoms with E-state index in [-0.39, 0.29) is 0 Å². The summed E-state index contributed by atoms with van der Waals surface area (Å²) in [6.45, 7) is 4.78. The van der Waals surface area contributed by atoms with Crippen molar-refractivity contribution in [1.29, 1.82) is 0 Å². The molecule has 0 spiro atoms. The predicted molar refractivity (Wildman–Crippen MR) is 77.3 cm³/mol. The molecule has 1 aromatic heterocycles. The third-order valence-corrected chi connectivity index (χ3v) is 4.51. The van der Waals surface area contributed by atoms with E-state index in [1.165, 1.54) is 4.88 Å². The van der Waals surface area contributed by atoms with Gasteiger partial charge in [-0.3, -0.25) is 4.90 Å².